The Hall–Kier alpha value is -0.100. The average molecular weight is 326 g/mol. The summed E-state index contributed by atoms with van der Waals surface area (Å²) in [6.45, 7) is 0.585. The molecule has 0 aromatic carbocycles. The predicted octanol–water partition coefficient (Wildman–Crippen LogP) is 2.54. The molecule has 90 valence electrons. The summed E-state index contributed by atoms with van der Waals surface area (Å²) in [4.78, 5) is 12.4. The predicted molar refractivity (Wildman–Crippen MR) is 72.4 cm³/mol. The van der Waals surface area contributed by atoms with Gasteiger partial charge in [-0.15, -0.1) is 23.7 Å². The summed E-state index contributed by atoms with van der Waals surface area (Å²) in [6, 6.07) is 3.69. The van der Waals surface area contributed by atoms with Gasteiger partial charge in [-0.3, -0.25) is 4.79 Å². The summed E-state index contributed by atoms with van der Waals surface area (Å²) >= 11 is 4.77. The summed E-state index contributed by atoms with van der Waals surface area (Å²) in [5, 5.41) is 2.88. The fourth-order valence-electron chi connectivity index (χ4n) is 1.59. The molecule has 3 nitrogen and oxygen atoms in total. The summed E-state index contributed by atoms with van der Waals surface area (Å²) in [5.74, 6) is -0.0255. The molecule has 0 unspecified atom stereocenters. The molecular formula is C10H14BrClN2OS. The molecule has 16 heavy (non-hydrogen) atoms. The number of hydrogen-bond donors (Lipinski definition) is 2. The van der Waals surface area contributed by atoms with Crippen molar-refractivity contribution in [2.75, 3.05) is 6.54 Å². The van der Waals surface area contributed by atoms with Crippen LogP contribution in [0.4, 0.5) is 0 Å². The van der Waals surface area contributed by atoms with Crippen molar-refractivity contribution >= 4 is 45.6 Å². The molecule has 1 aliphatic carbocycles. The Labute approximate surface area is 113 Å². The lowest BCUT2D eigenvalue weighted by molar-refractivity contribution is 0.0934. The van der Waals surface area contributed by atoms with Crippen LogP contribution in [0.25, 0.3) is 0 Å². The van der Waals surface area contributed by atoms with Gasteiger partial charge in [0, 0.05) is 12.1 Å². The Balaban J connectivity index is 0.00000128. The smallest absolute Gasteiger partial charge is 0.261 e. The van der Waals surface area contributed by atoms with E-state index in [9.17, 15) is 4.79 Å². The van der Waals surface area contributed by atoms with Crippen molar-refractivity contribution < 1.29 is 4.79 Å². The quantitative estimate of drug-likeness (QED) is 0.897. The highest BCUT2D eigenvalue weighted by molar-refractivity contribution is 9.11. The second-order valence-electron chi connectivity index (χ2n) is 4.00. The highest BCUT2D eigenvalue weighted by atomic mass is 79.9. The Morgan fingerprint density at radius 1 is 1.56 bits per heavy atom. The fraction of sp³-hybridized carbons (Fsp3) is 0.500. The van der Waals surface area contributed by atoms with E-state index < -0.39 is 0 Å². The first kappa shape index (κ1) is 14.0. The van der Waals surface area contributed by atoms with Gasteiger partial charge in [-0.2, -0.15) is 0 Å². The molecule has 1 aromatic rings. The van der Waals surface area contributed by atoms with Gasteiger partial charge >= 0.3 is 0 Å². The molecule has 1 fully saturated rings. The zero-order valence-corrected chi connectivity index (χ0v) is 11.9. The lowest BCUT2D eigenvalue weighted by Gasteiger charge is -2.38. The summed E-state index contributed by atoms with van der Waals surface area (Å²) in [7, 11) is 0. The average Bonchev–Trinajstić information content (AvgIpc) is 2.58. The first-order valence-corrected chi connectivity index (χ1v) is 6.52. The molecule has 1 heterocycles. The first-order chi connectivity index (χ1) is 7.09. The van der Waals surface area contributed by atoms with E-state index in [1.54, 1.807) is 0 Å². The Bertz CT molecular complexity index is 379. The highest BCUT2D eigenvalue weighted by Crippen LogP contribution is 2.28. The topological polar surface area (TPSA) is 55.1 Å². The van der Waals surface area contributed by atoms with Gasteiger partial charge in [-0.1, -0.05) is 0 Å². The van der Waals surface area contributed by atoms with Crippen LogP contribution in [0.2, 0.25) is 0 Å². The van der Waals surface area contributed by atoms with E-state index >= 15 is 0 Å². The van der Waals surface area contributed by atoms with E-state index in [1.165, 1.54) is 17.8 Å². The SMILES string of the molecule is Cl.NC1(CNC(=O)c2ccc(Br)s2)CCC1. The van der Waals surface area contributed by atoms with Crippen molar-refractivity contribution in [2.24, 2.45) is 5.73 Å². The van der Waals surface area contributed by atoms with E-state index in [4.69, 9.17) is 5.73 Å². The fourth-order valence-corrected chi connectivity index (χ4v) is 2.89. The molecular weight excluding hydrogens is 312 g/mol. The number of nitrogens with one attached hydrogen (secondary N) is 1. The van der Waals surface area contributed by atoms with Crippen LogP contribution in [-0.2, 0) is 0 Å². The number of carbonyl (C=O) groups is 1. The number of hydrogen-bond acceptors (Lipinski definition) is 3. The zero-order valence-electron chi connectivity index (χ0n) is 8.66. The molecule has 1 aliphatic rings. The van der Waals surface area contributed by atoms with Crippen molar-refractivity contribution in [2.45, 2.75) is 24.8 Å². The summed E-state index contributed by atoms with van der Waals surface area (Å²) in [5.41, 5.74) is 5.87. The first-order valence-electron chi connectivity index (χ1n) is 4.91. The molecule has 1 saturated carbocycles. The maximum atomic E-state index is 11.7. The van der Waals surface area contributed by atoms with Crippen molar-refractivity contribution in [3.8, 4) is 0 Å². The van der Waals surface area contributed by atoms with Crippen LogP contribution in [0.15, 0.2) is 15.9 Å². The van der Waals surface area contributed by atoms with Gasteiger partial charge in [0.1, 0.15) is 0 Å². The Morgan fingerprint density at radius 3 is 2.69 bits per heavy atom. The molecule has 0 saturated heterocycles. The molecule has 0 spiro atoms. The van der Waals surface area contributed by atoms with Gasteiger partial charge in [0.05, 0.1) is 8.66 Å². The lowest BCUT2D eigenvalue weighted by Crippen LogP contribution is -2.54. The number of rotatable bonds is 3. The second-order valence-corrected chi connectivity index (χ2v) is 6.47. The van der Waals surface area contributed by atoms with Crippen molar-refractivity contribution in [1.82, 2.24) is 5.32 Å². The Kier molecular flexibility index (Phi) is 4.79. The second kappa shape index (κ2) is 5.49. The number of nitrogens with two attached hydrogens (primary N) is 1. The summed E-state index contributed by atoms with van der Waals surface area (Å²) < 4.78 is 0.971. The van der Waals surface area contributed by atoms with Gasteiger partial charge in [-0.05, 0) is 47.3 Å². The van der Waals surface area contributed by atoms with Gasteiger partial charge < -0.3 is 11.1 Å². The van der Waals surface area contributed by atoms with Gasteiger partial charge in [0.15, 0.2) is 0 Å². The van der Waals surface area contributed by atoms with E-state index in [-0.39, 0.29) is 23.9 Å². The molecule has 3 N–H and O–H groups in total. The van der Waals surface area contributed by atoms with Crippen molar-refractivity contribution in [1.29, 1.82) is 0 Å². The minimum atomic E-state index is -0.149. The molecule has 0 atom stereocenters. The zero-order chi connectivity index (χ0) is 10.9. The van der Waals surface area contributed by atoms with E-state index in [0.29, 0.717) is 6.54 Å². The summed E-state index contributed by atoms with van der Waals surface area (Å²) in [6.07, 6.45) is 3.21. The van der Waals surface area contributed by atoms with Crippen LogP contribution < -0.4 is 11.1 Å². The van der Waals surface area contributed by atoms with Gasteiger partial charge in [-0.25, -0.2) is 0 Å². The van der Waals surface area contributed by atoms with Crippen LogP contribution in [-0.4, -0.2) is 18.0 Å². The molecule has 0 aliphatic heterocycles. The van der Waals surface area contributed by atoms with E-state index in [0.717, 1.165) is 21.5 Å². The highest BCUT2D eigenvalue weighted by Gasteiger charge is 2.32. The Morgan fingerprint density at radius 2 is 2.25 bits per heavy atom. The molecule has 6 heteroatoms. The van der Waals surface area contributed by atoms with E-state index in [1.807, 2.05) is 12.1 Å². The number of carbonyl (C=O) groups excluding carboxylic acids is 1. The molecule has 1 aromatic heterocycles. The number of thiophene rings is 1. The molecule has 1 amide bonds. The monoisotopic (exact) mass is 324 g/mol. The molecule has 0 radical (unpaired) electrons. The number of halogens is 2. The maximum Gasteiger partial charge on any atom is 0.261 e. The van der Waals surface area contributed by atoms with Gasteiger partial charge in [0.2, 0.25) is 0 Å². The third-order valence-electron chi connectivity index (χ3n) is 2.75. The minimum Gasteiger partial charge on any atom is -0.349 e. The normalized spacial score (nSPS) is 17.1. The van der Waals surface area contributed by atoms with E-state index in [2.05, 4.69) is 21.2 Å². The van der Waals surface area contributed by atoms with Crippen molar-refractivity contribution in [3.63, 3.8) is 0 Å². The molecule has 2 rings (SSSR count). The van der Waals surface area contributed by atoms with Crippen LogP contribution in [0.3, 0.4) is 0 Å². The lowest BCUT2D eigenvalue weighted by atomic mass is 9.78. The molecule has 0 bridgehead atoms. The van der Waals surface area contributed by atoms with Crippen LogP contribution >= 0.6 is 39.7 Å². The largest absolute Gasteiger partial charge is 0.349 e. The maximum absolute atomic E-state index is 11.7. The minimum absolute atomic E-state index is 0. The van der Waals surface area contributed by atoms with Gasteiger partial charge in [0.25, 0.3) is 5.91 Å². The van der Waals surface area contributed by atoms with Crippen LogP contribution in [0.5, 0.6) is 0 Å². The third-order valence-corrected chi connectivity index (χ3v) is 4.37. The van der Waals surface area contributed by atoms with Crippen LogP contribution in [0, 0.1) is 0 Å². The van der Waals surface area contributed by atoms with Crippen molar-refractivity contribution in [3.05, 3.63) is 20.8 Å². The third kappa shape index (κ3) is 3.20. The number of amides is 1. The van der Waals surface area contributed by atoms with Crippen LogP contribution in [0.1, 0.15) is 28.9 Å². The standard InChI is InChI=1S/C10H13BrN2OS.ClH/c11-8-3-2-7(15-8)9(14)13-6-10(12)4-1-5-10;/h2-3H,1,4-6,12H2,(H,13,14);1H.